The minimum Gasteiger partial charge on any atom is -0.373 e. The average molecular weight is 309 g/mol. The van der Waals surface area contributed by atoms with Crippen molar-refractivity contribution in [3.63, 3.8) is 0 Å². The van der Waals surface area contributed by atoms with Gasteiger partial charge in [-0.05, 0) is 31.5 Å². The molecule has 21 heavy (non-hydrogen) atoms. The summed E-state index contributed by atoms with van der Waals surface area (Å²) < 4.78 is 13.4. The smallest absolute Gasteiger partial charge is 0.139 e. The third kappa shape index (κ3) is 3.61. The number of aryl methyl sites for hydroxylation is 1. The number of rotatable bonds is 5. The number of nitrogens with zero attached hydrogens (tertiary/aromatic N) is 2. The summed E-state index contributed by atoms with van der Waals surface area (Å²) in [5.41, 5.74) is 1.35. The number of nitrogens with one attached hydrogen (secondary N) is 2. The zero-order valence-electron chi connectivity index (χ0n) is 12.3. The molecule has 0 aliphatic heterocycles. The van der Waals surface area contributed by atoms with Crippen LogP contribution in [0.4, 0.5) is 21.7 Å². The Hall–Kier alpha value is -1.88. The lowest BCUT2D eigenvalue weighted by Crippen LogP contribution is -2.07. The molecule has 1 aromatic heterocycles. The summed E-state index contributed by atoms with van der Waals surface area (Å²) >= 11 is 6.08. The van der Waals surface area contributed by atoms with Crippen molar-refractivity contribution in [2.24, 2.45) is 0 Å². The van der Waals surface area contributed by atoms with Crippen molar-refractivity contribution >= 4 is 28.9 Å². The van der Waals surface area contributed by atoms with Gasteiger partial charge in [0.15, 0.2) is 0 Å². The zero-order chi connectivity index (χ0) is 15.4. The summed E-state index contributed by atoms with van der Waals surface area (Å²) in [6.45, 7) is 3.97. The fourth-order valence-corrected chi connectivity index (χ4v) is 2.15. The van der Waals surface area contributed by atoms with Gasteiger partial charge in [0.05, 0.1) is 10.7 Å². The predicted octanol–water partition coefficient (Wildman–Crippen LogP) is 4.32. The molecule has 0 saturated carbocycles. The third-order valence-corrected chi connectivity index (χ3v) is 3.41. The normalized spacial score (nSPS) is 10.5. The Morgan fingerprint density at radius 1 is 1.24 bits per heavy atom. The van der Waals surface area contributed by atoms with Gasteiger partial charge in [-0.2, -0.15) is 0 Å². The van der Waals surface area contributed by atoms with Crippen molar-refractivity contribution in [1.82, 2.24) is 9.97 Å². The number of aromatic nitrogens is 2. The lowest BCUT2D eigenvalue weighted by Gasteiger charge is -2.14. The van der Waals surface area contributed by atoms with Gasteiger partial charge in [-0.15, -0.1) is 0 Å². The standard InChI is InChI=1S/C15H18ClFN4/c1-4-5-13-20-14(18-3)9(2)15(21-13)19-12-8-10(17)6-7-11(12)16/h6-8H,4-5H2,1-3H3,(H2,18,19,20,21). The largest absolute Gasteiger partial charge is 0.373 e. The maximum atomic E-state index is 13.4. The van der Waals surface area contributed by atoms with Crippen LogP contribution in [0.3, 0.4) is 0 Å². The van der Waals surface area contributed by atoms with Gasteiger partial charge in [-0.3, -0.25) is 0 Å². The van der Waals surface area contributed by atoms with E-state index >= 15 is 0 Å². The molecule has 112 valence electrons. The first-order chi connectivity index (χ1) is 10.0. The van der Waals surface area contributed by atoms with Gasteiger partial charge in [0, 0.05) is 19.0 Å². The molecule has 0 amide bonds. The summed E-state index contributed by atoms with van der Waals surface area (Å²) in [7, 11) is 1.81. The summed E-state index contributed by atoms with van der Waals surface area (Å²) in [4.78, 5) is 8.95. The van der Waals surface area contributed by atoms with Crippen LogP contribution in [0.15, 0.2) is 18.2 Å². The van der Waals surface area contributed by atoms with Crippen molar-refractivity contribution in [2.45, 2.75) is 26.7 Å². The molecule has 2 aromatic rings. The second-order valence-electron chi connectivity index (χ2n) is 4.71. The number of benzene rings is 1. The predicted molar refractivity (Wildman–Crippen MR) is 85.0 cm³/mol. The first-order valence-corrected chi connectivity index (χ1v) is 7.20. The number of hydrogen-bond acceptors (Lipinski definition) is 4. The molecular weight excluding hydrogens is 291 g/mol. The highest BCUT2D eigenvalue weighted by molar-refractivity contribution is 6.33. The molecule has 1 heterocycles. The van der Waals surface area contributed by atoms with Crippen LogP contribution in [0, 0.1) is 12.7 Å². The van der Waals surface area contributed by atoms with Crippen molar-refractivity contribution < 1.29 is 4.39 Å². The fourth-order valence-electron chi connectivity index (χ4n) is 1.98. The van der Waals surface area contributed by atoms with E-state index in [4.69, 9.17) is 11.6 Å². The summed E-state index contributed by atoms with van der Waals surface area (Å²) in [5.74, 6) is 1.77. The minimum absolute atomic E-state index is 0.351. The van der Waals surface area contributed by atoms with Crippen molar-refractivity contribution in [3.05, 3.63) is 40.4 Å². The van der Waals surface area contributed by atoms with E-state index in [2.05, 4.69) is 27.5 Å². The molecule has 0 aliphatic rings. The number of hydrogen-bond donors (Lipinski definition) is 2. The maximum Gasteiger partial charge on any atom is 0.139 e. The Morgan fingerprint density at radius 3 is 2.62 bits per heavy atom. The van der Waals surface area contributed by atoms with Crippen LogP contribution >= 0.6 is 11.6 Å². The van der Waals surface area contributed by atoms with E-state index in [9.17, 15) is 4.39 Å². The van der Waals surface area contributed by atoms with E-state index in [0.717, 1.165) is 30.0 Å². The molecular formula is C15H18ClFN4. The number of halogens is 2. The Morgan fingerprint density at radius 2 is 1.95 bits per heavy atom. The molecule has 1 aromatic carbocycles. The molecule has 2 rings (SSSR count). The van der Waals surface area contributed by atoms with E-state index < -0.39 is 0 Å². The lowest BCUT2D eigenvalue weighted by molar-refractivity contribution is 0.628. The van der Waals surface area contributed by atoms with Crippen LogP contribution in [0.2, 0.25) is 5.02 Å². The average Bonchev–Trinajstić information content (AvgIpc) is 2.46. The second-order valence-corrected chi connectivity index (χ2v) is 5.12. The molecule has 0 aliphatic carbocycles. The molecule has 6 heteroatoms. The summed E-state index contributed by atoms with van der Waals surface area (Å²) in [5, 5.41) is 6.58. The molecule has 0 saturated heterocycles. The second kappa shape index (κ2) is 6.72. The lowest BCUT2D eigenvalue weighted by atomic mass is 10.2. The summed E-state index contributed by atoms with van der Waals surface area (Å²) in [6, 6.07) is 4.19. The van der Waals surface area contributed by atoms with Crippen molar-refractivity contribution in [3.8, 4) is 0 Å². The highest BCUT2D eigenvalue weighted by Gasteiger charge is 2.11. The molecule has 0 bridgehead atoms. The highest BCUT2D eigenvalue weighted by Crippen LogP contribution is 2.28. The summed E-state index contributed by atoms with van der Waals surface area (Å²) in [6.07, 6.45) is 1.73. The molecule has 0 spiro atoms. The maximum absolute atomic E-state index is 13.4. The van der Waals surface area contributed by atoms with Crippen LogP contribution in [0.1, 0.15) is 24.7 Å². The van der Waals surface area contributed by atoms with Crippen LogP contribution in [-0.2, 0) is 6.42 Å². The first-order valence-electron chi connectivity index (χ1n) is 6.82. The van der Waals surface area contributed by atoms with Gasteiger partial charge in [0.1, 0.15) is 23.3 Å². The molecule has 0 unspecified atom stereocenters. The minimum atomic E-state index is -0.351. The molecule has 0 fully saturated rings. The number of anilines is 3. The van der Waals surface area contributed by atoms with Gasteiger partial charge < -0.3 is 10.6 Å². The molecule has 2 N–H and O–H groups in total. The van der Waals surface area contributed by atoms with E-state index in [1.54, 1.807) is 0 Å². The van der Waals surface area contributed by atoms with Crippen molar-refractivity contribution in [2.75, 3.05) is 17.7 Å². The van der Waals surface area contributed by atoms with Crippen LogP contribution in [-0.4, -0.2) is 17.0 Å². The van der Waals surface area contributed by atoms with Gasteiger partial charge in [-0.1, -0.05) is 18.5 Å². The van der Waals surface area contributed by atoms with Crippen LogP contribution in [0.25, 0.3) is 0 Å². The molecule has 0 radical (unpaired) electrons. The van der Waals surface area contributed by atoms with E-state index in [-0.39, 0.29) is 5.82 Å². The quantitative estimate of drug-likeness (QED) is 0.864. The Balaban J connectivity index is 2.42. The zero-order valence-corrected chi connectivity index (χ0v) is 13.1. The SMILES string of the molecule is CCCc1nc(NC)c(C)c(Nc2cc(F)ccc2Cl)n1. The highest BCUT2D eigenvalue weighted by atomic mass is 35.5. The van der Waals surface area contributed by atoms with Gasteiger partial charge in [-0.25, -0.2) is 14.4 Å². The Bertz CT molecular complexity index is 646. The van der Waals surface area contributed by atoms with Gasteiger partial charge in [0.25, 0.3) is 0 Å². The van der Waals surface area contributed by atoms with Crippen molar-refractivity contribution in [1.29, 1.82) is 0 Å². The Labute approximate surface area is 128 Å². The Kier molecular flexibility index (Phi) is 4.96. The molecule has 4 nitrogen and oxygen atoms in total. The van der Waals surface area contributed by atoms with Crippen LogP contribution < -0.4 is 10.6 Å². The van der Waals surface area contributed by atoms with Gasteiger partial charge in [0.2, 0.25) is 0 Å². The fraction of sp³-hybridized carbons (Fsp3) is 0.333. The van der Waals surface area contributed by atoms with E-state index in [1.165, 1.54) is 18.2 Å². The van der Waals surface area contributed by atoms with E-state index in [1.807, 2.05) is 14.0 Å². The van der Waals surface area contributed by atoms with Crippen LogP contribution in [0.5, 0.6) is 0 Å². The monoisotopic (exact) mass is 308 g/mol. The third-order valence-electron chi connectivity index (χ3n) is 3.08. The van der Waals surface area contributed by atoms with E-state index in [0.29, 0.717) is 16.5 Å². The first kappa shape index (κ1) is 15.5. The molecule has 0 atom stereocenters. The van der Waals surface area contributed by atoms with Gasteiger partial charge >= 0.3 is 0 Å². The topological polar surface area (TPSA) is 49.8 Å².